The zero-order chi connectivity index (χ0) is 14.0. The summed E-state index contributed by atoms with van der Waals surface area (Å²) in [7, 11) is 0. The van der Waals surface area contributed by atoms with E-state index in [2.05, 4.69) is 0 Å². The quantitative estimate of drug-likeness (QED) is 0.660. The molecule has 0 heterocycles. The van der Waals surface area contributed by atoms with Gasteiger partial charge in [0.05, 0.1) is 22.1 Å². The SMILES string of the molecule is O=C(c1cc([N+](=O)[O-])ccc1Cl)N(CCO)C1CC1. The lowest BCUT2D eigenvalue weighted by molar-refractivity contribution is -0.384. The molecule has 2 rings (SSSR count). The third kappa shape index (κ3) is 3.02. The predicted molar refractivity (Wildman–Crippen MR) is 69.3 cm³/mol. The number of halogens is 1. The second kappa shape index (κ2) is 5.54. The summed E-state index contributed by atoms with van der Waals surface area (Å²) in [6.07, 6.45) is 1.77. The van der Waals surface area contributed by atoms with E-state index in [0.29, 0.717) is 0 Å². The number of non-ortho nitro benzene ring substituents is 1. The summed E-state index contributed by atoms with van der Waals surface area (Å²) in [6.45, 7) is 0.0668. The van der Waals surface area contributed by atoms with Crippen molar-refractivity contribution in [2.75, 3.05) is 13.2 Å². The van der Waals surface area contributed by atoms with Gasteiger partial charge in [-0.25, -0.2) is 0 Å². The maximum atomic E-state index is 12.3. The van der Waals surface area contributed by atoms with E-state index in [1.807, 2.05) is 0 Å². The zero-order valence-electron chi connectivity index (χ0n) is 10.1. The minimum atomic E-state index is -0.569. The van der Waals surface area contributed by atoms with Gasteiger partial charge in [0, 0.05) is 24.7 Å². The molecule has 0 bridgehead atoms. The van der Waals surface area contributed by atoms with E-state index in [1.54, 1.807) is 0 Å². The van der Waals surface area contributed by atoms with Crippen LogP contribution in [0.3, 0.4) is 0 Å². The van der Waals surface area contributed by atoms with Crippen LogP contribution in [-0.4, -0.2) is 40.0 Å². The summed E-state index contributed by atoms with van der Waals surface area (Å²) in [5.74, 6) is -0.370. The maximum absolute atomic E-state index is 12.3. The van der Waals surface area contributed by atoms with E-state index in [9.17, 15) is 14.9 Å². The van der Waals surface area contributed by atoms with Crippen LogP contribution in [0, 0.1) is 10.1 Å². The molecule has 1 aromatic carbocycles. The van der Waals surface area contributed by atoms with Crippen LogP contribution < -0.4 is 0 Å². The number of amides is 1. The number of aliphatic hydroxyl groups is 1. The van der Waals surface area contributed by atoms with Crippen LogP contribution in [0.5, 0.6) is 0 Å². The Morgan fingerprint density at radius 3 is 2.74 bits per heavy atom. The summed E-state index contributed by atoms with van der Waals surface area (Å²) in [4.78, 5) is 24.0. The first-order valence-corrected chi connectivity index (χ1v) is 6.28. The molecule has 1 N–H and O–H groups in total. The molecule has 7 heteroatoms. The summed E-state index contributed by atoms with van der Waals surface area (Å²) in [5.41, 5.74) is -0.0660. The van der Waals surface area contributed by atoms with Gasteiger partial charge in [-0.05, 0) is 18.9 Å². The van der Waals surface area contributed by atoms with Crippen LogP contribution in [0.4, 0.5) is 5.69 Å². The van der Waals surface area contributed by atoms with Crippen LogP contribution in [0.2, 0.25) is 5.02 Å². The second-order valence-electron chi connectivity index (χ2n) is 4.37. The number of nitro groups is 1. The number of aliphatic hydroxyl groups excluding tert-OH is 1. The lowest BCUT2D eigenvalue weighted by Gasteiger charge is -2.21. The number of benzene rings is 1. The zero-order valence-corrected chi connectivity index (χ0v) is 10.8. The highest BCUT2D eigenvalue weighted by Crippen LogP contribution is 2.30. The molecule has 0 aromatic heterocycles. The number of hydrogen-bond donors (Lipinski definition) is 1. The van der Waals surface area contributed by atoms with Crippen LogP contribution in [0.15, 0.2) is 18.2 Å². The van der Waals surface area contributed by atoms with Crippen molar-refractivity contribution in [2.24, 2.45) is 0 Å². The first-order chi connectivity index (χ1) is 9.04. The highest BCUT2D eigenvalue weighted by molar-refractivity contribution is 6.33. The molecule has 0 saturated heterocycles. The molecule has 1 amide bonds. The molecule has 1 saturated carbocycles. The molecule has 0 unspecified atom stereocenters. The van der Waals surface area contributed by atoms with Crippen LogP contribution in [-0.2, 0) is 0 Å². The van der Waals surface area contributed by atoms with Crippen molar-refractivity contribution >= 4 is 23.2 Å². The fraction of sp³-hybridized carbons (Fsp3) is 0.417. The van der Waals surface area contributed by atoms with E-state index in [0.717, 1.165) is 12.8 Å². The van der Waals surface area contributed by atoms with Gasteiger partial charge >= 0.3 is 0 Å². The lowest BCUT2D eigenvalue weighted by atomic mass is 10.1. The molecule has 0 spiro atoms. The van der Waals surface area contributed by atoms with Crippen molar-refractivity contribution in [1.29, 1.82) is 0 Å². The molecule has 102 valence electrons. The van der Waals surface area contributed by atoms with Crippen molar-refractivity contribution in [3.8, 4) is 0 Å². The third-order valence-electron chi connectivity index (χ3n) is 2.98. The van der Waals surface area contributed by atoms with Gasteiger partial charge in [-0.15, -0.1) is 0 Å². The summed E-state index contributed by atoms with van der Waals surface area (Å²) < 4.78 is 0. The van der Waals surface area contributed by atoms with E-state index in [4.69, 9.17) is 16.7 Å². The Balaban J connectivity index is 2.30. The Hall–Kier alpha value is -1.66. The van der Waals surface area contributed by atoms with Crippen molar-refractivity contribution in [3.63, 3.8) is 0 Å². The largest absolute Gasteiger partial charge is 0.395 e. The molecule has 0 radical (unpaired) electrons. The summed E-state index contributed by atoms with van der Waals surface area (Å²) in [5, 5.41) is 19.9. The van der Waals surface area contributed by atoms with Crippen molar-refractivity contribution < 1.29 is 14.8 Å². The molecular weight excluding hydrogens is 272 g/mol. The highest BCUT2D eigenvalue weighted by Gasteiger charge is 2.33. The minimum absolute atomic E-state index is 0.106. The van der Waals surface area contributed by atoms with Gasteiger partial charge in [0.25, 0.3) is 11.6 Å². The molecular formula is C12H13ClN2O4. The van der Waals surface area contributed by atoms with Gasteiger partial charge in [0.2, 0.25) is 0 Å². The van der Waals surface area contributed by atoms with E-state index >= 15 is 0 Å². The first-order valence-electron chi connectivity index (χ1n) is 5.90. The minimum Gasteiger partial charge on any atom is -0.395 e. The number of rotatable bonds is 5. The molecule has 1 aromatic rings. The van der Waals surface area contributed by atoms with Gasteiger partial charge in [0.1, 0.15) is 0 Å². The van der Waals surface area contributed by atoms with Gasteiger partial charge in [-0.3, -0.25) is 14.9 Å². The number of hydrogen-bond acceptors (Lipinski definition) is 4. The van der Waals surface area contributed by atoms with Crippen molar-refractivity contribution in [3.05, 3.63) is 38.9 Å². The van der Waals surface area contributed by atoms with E-state index < -0.39 is 4.92 Å². The van der Waals surface area contributed by atoms with Gasteiger partial charge < -0.3 is 10.0 Å². The predicted octanol–water partition coefficient (Wildman–Crippen LogP) is 1.85. The molecule has 6 nitrogen and oxygen atoms in total. The molecule has 0 aliphatic heterocycles. The van der Waals surface area contributed by atoms with Gasteiger partial charge in [-0.2, -0.15) is 0 Å². The maximum Gasteiger partial charge on any atom is 0.270 e. The summed E-state index contributed by atoms with van der Waals surface area (Å²) in [6, 6.07) is 3.89. The standard InChI is InChI=1S/C12H13ClN2O4/c13-11-4-3-9(15(18)19)7-10(11)12(17)14(5-6-16)8-1-2-8/h3-4,7-8,16H,1-2,5-6H2. The van der Waals surface area contributed by atoms with E-state index in [1.165, 1.54) is 23.1 Å². The number of nitro benzene ring substituents is 1. The second-order valence-corrected chi connectivity index (χ2v) is 4.78. The van der Waals surface area contributed by atoms with Gasteiger partial charge in [-0.1, -0.05) is 11.6 Å². The Morgan fingerprint density at radius 2 is 2.21 bits per heavy atom. The van der Waals surface area contributed by atoms with Crippen molar-refractivity contribution in [1.82, 2.24) is 4.90 Å². The molecule has 1 fully saturated rings. The average Bonchev–Trinajstić information content (AvgIpc) is 3.19. The molecule has 1 aliphatic rings. The Labute approximate surface area is 114 Å². The molecule has 1 aliphatic carbocycles. The Kier molecular flexibility index (Phi) is 4.01. The van der Waals surface area contributed by atoms with Gasteiger partial charge in [0.15, 0.2) is 0 Å². The smallest absolute Gasteiger partial charge is 0.270 e. The van der Waals surface area contributed by atoms with Crippen LogP contribution >= 0.6 is 11.6 Å². The van der Waals surface area contributed by atoms with E-state index in [-0.39, 0.29) is 41.4 Å². The molecule has 0 atom stereocenters. The van der Waals surface area contributed by atoms with Crippen LogP contribution in [0.1, 0.15) is 23.2 Å². The fourth-order valence-electron chi connectivity index (χ4n) is 1.89. The summed E-state index contributed by atoms with van der Waals surface area (Å²) >= 11 is 5.93. The fourth-order valence-corrected chi connectivity index (χ4v) is 2.09. The average molecular weight is 285 g/mol. The lowest BCUT2D eigenvalue weighted by Crippen LogP contribution is -2.35. The Morgan fingerprint density at radius 1 is 1.53 bits per heavy atom. The monoisotopic (exact) mass is 284 g/mol. The Bertz CT molecular complexity index is 516. The highest BCUT2D eigenvalue weighted by atomic mass is 35.5. The van der Waals surface area contributed by atoms with Crippen molar-refractivity contribution in [2.45, 2.75) is 18.9 Å². The normalized spacial score (nSPS) is 14.2. The number of carbonyl (C=O) groups excluding carboxylic acids is 1. The third-order valence-corrected chi connectivity index (χ3v) is 3.31. The topological polar surface area (TPSA) is 83.7 Å². The molecule has 19 heavy (non-hydrogen) atoms. The number of carbonyl (C=O) groups is 1. The number of nitrogens with zero attached hydrogens (tertiary/aromatic N) is 2. The van der Waals surface area contributed by atoms with Crippen LogP contribution in [0.25, 0.3) is 0 Å². The first kappa shape index (κ1) is 13.8.